The van der Waals surface area contributed by atoms with Crippen LogP contribution in [-0.4, -0.2) is 35.6 Å². The predicted octanol–water partition coefficient (Wildman–Crippen LogP) is 1.06. The monoisotopic (exact) mass is 279 g/mol. The SMILES string of the molecule is CCn1c(=O)oc2cc(C(O)C3COCCO3)ccc21. The Morgan fingerprint density at radius 3 is 3.00 bits per heavy atom. The molecule has 0 saturated carbocycles. The second-order valence-electron chi connectivity index (χ2n) is 4.77. The molecule has 0 amide bonds. The molecule has 1 aliphatic heterocycles. The fraction of sp³-hybridized carbons (Fsp3) is 0.500. The van der Waals surface area contributed by atoms with Gasteiger partial charge >= 0.3 is 5.76 Å². The Kier molecular flexibility index (Phi) is 3.60. The number of aliphatic hydroxyl groups is 1. The maximum absolute atomic E-state index is 11.6. The van der Waals surface area contributed by atoms with Crippen molar-refractivity contribution in [2.45, 2.75) is 25.7 Å². The largest absolute Gasteiger partial charge is 0.419 e. The third-order valence-corrected chi connectivity index (χ3v) is 3.54. The van der Waals surface area contributed by atoms with Crippen LogP contribution in [0.4, 0.5) is 0 Å². The molecule has 1 aliphatic rings. The summed E-state index contributed by atoms with van der Waals surface area (Å²) in [5.74, 6) is -0.383. The third kappa shape index (κ3) is 2.26. The van der Waals surface area contributed by atoms with Crippen LogP contribution in [0.15, 0.2) is 27.4 Å². The van der Waals surface area contributed by atoms with Crippen molar-refractivity contribution in [3.8, 4) is 0 Å². The van der Waals surface area contributed by atoms with E-state index in [0.717, 1.165) is 5.52 Å². The van der Waals surface area contributed by atoms with Crippen molar-refractivity contribution in [1.29, 1.82) is 0 Å². The van der Waals surface area contributed by atoms with E-state index >= 15 is 0 Å². The molecule has 0 bridgehead atoms. The summed E-state index contributed by atoms with van der Waals surface area (Å²) in [7, 11) is 0. The molecule has 2 atom stereocenters. The van der Waals surface area contributed by atoms with Gasteiger partial charge in [0.05, 0.1) is 25.3 Å². The summed E-state index contributed by atoms with van der Waals surface area (Å²) in [6.07, 6.45) is -1.18. The number of nitrogens with zero attached hydrogens (tertiary/aromatic N) is 1. The van der Waals surface area contributed by atoms with E-state index in [2.05, 4.69) is 0 Å². The van der Waals surface area contributed by atoms with Gasteiger partial charge in [0.2, 0.25) is 0 Å². The fourth-order valence-electron chi connectivity index (χ4n) is 2.47. The van der Waals surface area contributed by atoms with Crippen molar-refractivity contribution < 1.29 is 19.0 Å². The first kappa shape index (κ1) is 13.4. The van der Waals surface area contributed by atoms with Gasteiger partial charge in [-0.3, -0.25) is 4.57 Å². The highest BCUT2D eigenvalue weighted by molar-refractivity contribution is 5.73. The van der Waals surface area contributed by atoms with Crippen LogP contribution >= 0.6 is 0 Å². The Balaban J connectivity index is 1.94. The topological polar surface area (TPSA) is 73.8 Å². The zero-order valence-electron chi connectivity index (χ0n) is 11.2. The average Bonchev–Trinajstić information content (AvgIpc) is 2.81. The van der Waals surface area contributed by atoms with Crippen LogP contribution in [0.2, 0.25) is 0 Å². The molecule has 20 heavy (non-hydrogen) atoms. The first-order valence-electron chi connectivity index (χ1n) is 6.71. The molecule has 1 N–H and O–H groups in total. The maximum Gasteiger partial charge on any atom is 0.419 e. The summed E-state index contributed by atoms with van der Waals surface area (Å²) in [5, 5.41) is 10.3. The lowest BCUT2D eigenvalue weighted by molar-refractivity contribution is -0.133. The standard InChI is InChI=1S/C14H17NO5/c1-2-15-10-4-3-9(7-11(10)20-14(15)17)13(16)12-8-18-5-6-19-12/h3-4,7,12-13,16H,2,5-6,8H2,1H3. The first-order chi connectivity index (χ1) is 9.70. The van der Waals surface area contributed by atoms with Gasteiger partial charge in [-0.1, -0.05) is 6.07 Å². The molecule has 1 fully saturated rings. The summed E-state index contributed by atoms with van der Waals surface area (Å²) < 4.78 is 17.5. The summed E-state index contributed by atoms with van der Waals surface area (Å²) in [4.78, 5) is 11.6. The van der Waals surface area contributed by atoms with Gasteiger partial charge in [-0.2, -0.15) is 0 Å². The van der Waals surface area contributed by atoms with E-state index in [0.29, 0.717) is 37.5 Å². The van der Waals surface area contributed by atoms with Gasteiger partial charge < -0.3 is 19.0 Å². The summed E-state index contributed by atoms with van der Waals surface area (Å²) in [6, 6.07) is 5.25. The Morgan fingerprint density at radius 1 is 1.45 bits per heavy atom. The average molecular weight is 279 g/mol. The molecule has 2 heterocycles. The van der Waals surface area contributed by atoms with E-state index in [-0.39, 0.29) is 11.9 Å². The van der Waals surface area contributed by atoms with Crippen molar-refractivity contribution in [3.63, 3.8) is 0 Å². The Morgan fingerprint density at radius 2 is 2.30 bits per heavy atom. The predicted molar refractivity (Wildman–Crippen MR) is 71.7 cm³/mol. The molecule has 6 nitrogen and oxygen atoms in total. The summed E-state index contributed by atoms with van der Waals surface area (Å²) in [5.41, 5.74) is 1.87. The number of hydrogen-bond donors (Lipinski definition) is 1. The highest BCUT2D eigenvalue weighted by Gasteiger charge is 2.25. The van der Waals surface area contributed by atoms with Gasteiger partial charge in [-0.25, -0.2) is 4.79 Å². The van der Waals surface area contributed by atoms with Gasteiger partial charge in [0.1, 0.15) is 12.2 Å². The second kappa shape index (κ2) is 5.40. The van der Waals surface area contributed by atoms with E-state index in [1.165, 1.54) is 0 Å². The van der Waals surface area contributed by atoms with Crippen LogP contribution < -0.4 is 5.76 Å². The number of ether oxygens (including phenoxy) is 2. The Bertz CT molecular complexity index is 653. The van der Waals surface area contributed by atoms with Crippen LogP contribution in [0.25, 0.3) is 11.1 Å². The van der Waals surface area contributed by atoms with E-state index < -0.39 is 6.10 Å². The zero-order valence-corrected chi connectivity index (χ0v) is 11.2. The molecular weight excluding hydrogens is 262 g/mol. The smallest absolute Gasteiger partial charge is 0.408 e. The quantitative estimate of drug-likeness (QED) is 0.909. The molecule has 0 aliphatic carbocycles. The van der Waals surface area contributed by atoms with Crippen molar-refractivity contribution in [2.75, 3.05) is 19.8 Å². The van der Waals surface area contributed by atoms with Gasteiger partial charge in [0.25, 0.3) is 0 Å². The van der Waals surface area contributed by atoms with Crippen molar-refractivity contribution in [1.82, 2.24) is 4.57 Å². The lowest BCUT2D eigenvalue weighted by atomic mass is 10.0. The van der Waals surface area contributed by atoms with Crippen molar-refractivity contribution in [2.24, 2.45) is 0 Å². The van der Waals surface area contributed by atoms with Gasteiger partial charge in [-0.05, 0) is 24.6 Å². The number of hydrogen-bond acceptors (Lipinski definition) is 5. The van der Waals surface area contributed by atoms with E-state index in [1.807, 2.05) is 6.92 Å². The Labute approximate surface area is 115 Å². The summed E-state index contributed by atoms with van der Waals surface area (Å²) in [6.45, 7) is 3.82. The molecule has 1 aromatic heterocycles. The molecule has 2 aromatic rings. The molecule has 1 saturated heterocycles. The highest BCUT2D eigenvalue weighted by atomic mass is 16.6. The minimum absolute atomic E-state index is 0.360. The van der Waals surface area contributed by atoms with E-state index in [9.17, 15) is 9.90 Å². The number of aliphatic hydroxyl groups excluding tert-OH is 1. The second-order valence-corrected chi connectivity index (χ2v) is 4.77. The molecular formula is C14H17NO5. The summed E-state index contributed by atoms with van der Waals surface area (Å²) >= 11 is 0. The van der Waals surface area contributed by atoms with Gasteiger partial charge in [0, 0.05) is 6.54 Å². The maximum atomic E-state index is 11.6. The fourth-order valence-corrected chi connectivity index (χ4v) is 2.47. The lowest BCUT2D eigenvalue weighted by Gasteiger charge is -2.27. The number of oxazole rings is 1. The van der Waals surface area contributed by atoms with E-state index in [4.69, 9.17) is 13.9 Å². The van der Waals surface area contributed by atoms with Crippen LogP contribution in [0.3, 0.4) is 0 Å². The van der Waals surface area contributed by atoms with Crippen molar-refractivity contribution in [3.05, 3.63) is 34.3 Å². The molecule has 1 aromatic carbocycles. The lowest BCUT2D eigenvalue weighted by Crippen LogP contribution is -2.33. The molecule has 3 rings (SSSR count). The number of aromatic nitrogens is 1. The van der Waals surface area contributed by atoms with Crippen LogP contribution in [0.5, 0.6) is 0 Å². The number of benzene rings is 1. The number of aryl methyl sites for hydroxylation is 1. The molecule has 0 radical (unpaired) electrons. The molecule has 6 heteroatoms. The van der Waals surface area contributed by atoms with Gasteiger partial charge in [-0.15, -0.1) is 0 Å². The molecule has 108 valence electrons. The minimum atomic E-state index is -0.796. The third-order valence-electron chi connectivity index (χ3n) is 3.54. The Hall–Kier alpha value is -1.63. The normalized spacial score (nSPS) is 21.2. The van der Waals surface area contributed by atoms with Crippen LogP contribution in [0.1, 0.15) is 18.6 Å². The zero-order chi connectivity index (χ0) is 14.1. The highest BCUT2D eigenvalue weighted by Crippen LogP contribution is 2.25. The first-order valence-corrected chi connectivity index (χ1v) is 6.71. The number of rotatable bonds is 3. The van der Waals surface area contributed by atoms with Gasteiger partial charge in [0.15, 0.2) is 5.58 Å². The molecule has 2 unspecified atom stereocenters. The molecule has 0 spiro atoms. The minimum Gasteiger partial charge on any atom is -0.408 e. The van der Waals surface area contributed by atoms with Crippen molar-refractivity contribution >= 4 is 11.1 Å². The number of fused-ring (bicyclic) bond motifs is 1. The van der Waals surface area contributed by atoms with E-state index in [1.54, 1.807) is 22.8 Å². The van der Waals surface area contributed by atoms with Crippen LogP contribution in [-0.2, 0) is 16.0 Å². The van der Waals surface area contributed by atoms with Crippen LogP contribution in [0, 0.1) is 0 Å².